The molecule has 0 aliphatic rings. The van der Waals surface area contributed by atoms with Crippen LogP contribution in [0.2, 0.25) is 0 Å². The van der Waals surface area contributed by atoms with E-state index in [2.05, 4.69) is 6.58 Å². The Morgan fingerprint density at radius 3 is 2.39 bits per heavy atom. The lowest BCUT2D eigenvalue weighted by Gasteiger charge is -2.15. The normalized spacial score (nSPS) is 11.5. The predicted molar refractivity (Wildman–Crippen MR) is 68.4 cm³/mol. The van der Waals surface area contributed by atoms with Crippen LogP contribution < -0.4 is 10.2 Å². The molecule has 0 atom stereocenters. The third-order valence-electron chi connectivity index (χ3n) is 2.58. The van der Waals surface area contributed by atoms with E-state index in [1.165, 1.54) is 6.07 Å². The van der Waals surface area contributed by atoms with Gasteiger partial charge < -0.3 is 17.7 Å². The largest absolute Gasteiger partial charge is 0.509 e. The summed E-state index contributed by atoms with van der Waals surface area (Å²) in [7, 11) is 0. The summed E-state index contributed by atoms with van der Waals surface area (Å²) in [5.41, 5.74) is -0.581. The summed E-state index contributed by atoms with van der Waals surface area (Å²) in [6, 6.07) is 8.71. The lowest BCUT2D eigenvalue weighted by Crippen LogP contribution is -2.33. The third kappa shape index (κ3) is 2.67. The summed E-state index contributed by atoms with van der Waals surface area (Å²) in [6.45, 7) is -1.05. The van der Waals surface area contributed by atoms with Crippen molar-refractivity contribution in [1.29, 1.82) is 0 Å². The van der Waals surface area contributed by atoms with Crippen LogP contribution in [0, 0.1) is 0 Å². The van der Waals surface area contributed by atoms with Crippen molar-refractivity contribution in [2.45, 2.75) is 0 Å². The first-order chi connectivity index (χ1) is 8.50. The van der Waals surface area contributed by atoms with Gasteiger partial charge in [0, 0.05) is 0 Å². The van der Waals surface area contributed by atoms with Gasteiger partial charge in [0.05, 0.1) is 0 Å². The Bertz CT molecular complexity index is 578. The Labute approximate surface area is 103 Å². The summed E-state index contributed by atoms with van der Waals surface area (Å²) >= 11 is 0. The SMILES string of the molecule is C=CCOc1ccc2cc([B-](F)(F)F)ccc2c1. The van der Waals surface area contributed by atoms with Crippen LogP contribution in [0.3, 0.4) is 0 Å². The van der Waals surface area contributed by atoms with E-state index < -0.39 is 12.4 Å². The third-order valence-corrected chi connectivity index (χ3v) is 2.58. The van der Waals surface area contributed by atoms with Gasteiger partial charge in [-0.25, -0.2) is 0 Å². The summed E-state index contributed by atoms with van der Waals surface area (Å²) in [5, 5.41) is 1.28. The van der Waals surface area contributed by atoms with Gasteiger partial charge in [-0.05, 0) is 22.9 Å². The second-order valence-corrected chi connectivity index (χ2v) is 3.94. The Morgan fingerprint density at radius 1 is 1.06 bits per heavy atom. The van der Waals surface area contributed by atoms with E-state index in [4.69, 9.17) is 4.74 Å². The Balaban J connectivity index is 2.39. The molecule has 2 aromatic carbocycles. The number of benzene rings is 2. The van der Waals surface area contributed by atoms with Crippen molar-refractivity contribution in [3.63, 3.8) is 0 Å². The lowest BCUT2D eigenvalue weighted by molar-refractivity contribution is 0.364. The van der Waals surface area contributed by atoms with E-state index in [9.17, 15) is 12.9 Å². The van der Waals surface area contributed by atoms with Crippen molar-refractivity contribution in [2.75, 3.05) is 6.61 Å². The summed E-state index contributed by atoms with van der Waals surface area (Å²) in [5.74, 6) is 0.618. The van der Waals surface area contributed by atoms with Crippen LogP contribution in [0.1, 0.15) is 0 Å². The highest BCUT2D eigenvalue weighted by Crippen LogP contribution is 2.21. The Hall–Kier alpha value is -1.91. The van der Waals surface area contributed by atoms with Crippen molar-refractivity contribution in [1.82, 2.24) is 0 Å². The van der Waals surface area contributed by atoms with Gasteiger partial charge in [-0.1, -0.05) is 36.9 Å². The average molecular weight is 251 g/mol. The molecular weight excluding hydrogens is 240 g/mol. The Kier molecular flexibility index (Phi) is 3.32. The van der Waals surface area contributed by atoms with Crippen LogP contribution in [0.5, 0.6) is 5.75 Å². The van der Waals surface area contributed by atoms with Crippen LogP contribution in [-0.2, 0) is 0 Å². The second-order valence-electron chi connectivity index (χ2n) is 3.94. The summed E-state index contributed by atoms with van der Waals surface area (Å²) in [4.78, 5) is 0. The van der Waals surface area contributed by atoms with E-state index in [0.29, 0.717) is 17.7 Å². The quantitative estimate of drug-likeness (QED) is 0.597. The highest BCUT2D eigenvalue weighted by Gasteiger charge is 2.25. The molecule has 0 amide bonds. The van der Waals surface area contributed by atoms with Gasteiger partial charge in [0.15, 0.2) is 0 Å². The highest BCUT2D eigenvalue weighted by atomic mass is 19.4. The van der Waals surface area contributed by atoms with E-state index in [1.807, 2.05) is 0 Å². The van der Waals surface area contributed by atoms with Gasteiger partial charge in [-0.3, -0.25) is 0 Å². The molecule has 0 aliphatic heterocycles. The minimum absolute atomic E-state index is 0.370. The smallest absolute Gasteiger partial charge is 0.490 e. The van der Waals surface area contributed by atoms with Gasteiger partial charge >= 0.3 is 6.98 Å². The first-order valence-corrected chi connectivity index (χ1v) is 5.48. The van der Waals surface area contributed by atoms with Crippen molar-refractivity contribution < 1.29 is 17.7 Å². The molecule has 1 nitrogen and oxygen atoms in total. The number of rotatable bonds is 4. The molecule has 0 radical (unpaired) electrons. The standard InChI is InChI=1S/C13H11BF3O/c1-2-7-18-13-6-4-10-8-12(14(15,16)17)5-3-11(10)9-13/h2-6,8-9H,1,7H2/q-1. The molecule has 0 spiro atoms. The van der Waals surface area contributed by atoms with Crippen molar-refractivity contribution >= 4 is 23.2 Å². The zero-order valence-corrected chi connectivity index (χ0v) is 9.58. The molecule has 0 fully saturated rings. The number of halogens is 3. The van der Waals surface area contributed by atoms with E-state index >= 15 is 0 Å². The topological polar surface area (TPSA) is 9.23 Å². The molecular formula is C13H11BF3O-. The minimum Gasteiger partial charge on any atom is -0.490 e. The fourth-order valence-electron chi connectivity index (χ4n) is 1.69. The van der Waals surface area contributed by atoms with Crippen LogP contribution >= 0.6 is 0 Å². The molecule has 94 valence electrons. The zero-order valence-electron chi connectivity index (χ0n) is 9.58. The van der Waals surface area contributed by atoms with Gasteiger partial charge in [-0.2, -0.15) is 0 Å². The van der Waals surface area contributed by atoms with Crippen LogP contribution in [-0.4, -0.2) is 13.6 Å². The summed E-state index contributed by atoms with van der Waals surface area (Å²) < 4.78 is 43.1. The second kappa shape index (κ2) is 4.76. The number of ether oxygens (including phenoxy) is 1. The molecule has 0 unspecified atom stereocenters. The molecule has 0 heterocycles. The van der Waals surface area contributed by atoms with Gasteiger partial charge in [0.1, 0.15) is 12.4 Å². The molecule has 18 heavy (non-hydrogen) atoms. The molecule has 0 aromatic heterocycles. The van der Waals surface area contributed by atoms with Gasteiger partial charge in [0.2, 0.25) is 0 Å². The first kappa shape index (κ1) is 12.5. The maximum atomic E-state index is 12.6. The number of hydrogen-bond acceptors (Lipinski definition) is 1. The fraction of sp³-hybridized carbons (Fsp3) is 0.0769. The maximum Gasteiger partial charge on any atom is 0.509 e. The molecule has 0 saturated carbocycles. The molecule has 0 bridgehead atoms. The maximum absolute atomic E-state index is 12.6. The van der Waals surface area contributed by atoms with Gasteiger partial charge in [0.25, 0.3) is 0 Å². The first-order valence-electron chi connectivity index (χ1n) is 5.48. The number of hydrogen-bond donors (Lipinski definition) is 0. The molecule has 0 aliphatic carbocycles. The lowest BCUT2D eigenvalue weighted by atomic mass is 9.79. The average Bonchev–Trinajstić information content (AvgIpc) is 2.34. The number of fused-ring (bicyclic) bond motifs is 1. The molecule has 0 N–H and O–H groups in total. The van der Waals surface area contributed by atoms with Crippen LogP contribution in [0.25, 0.3) is 10.8 Å². The molecule has 5 heteroatoms. The highest BCUT2D eigenvalue weighted by molar-refractivity contribution is 6.73. The fourth-order valence-corrected chi connectivity index (χ4v) is 1.69. The monoisotopic (exact) mass is 251 g/mol. The minimum atomic E-state index is -4.95. The van der Waals surface area contributed by atoms with E-state index in [1.54, 1.807) is 24.3 Å². The zero-order chi connectivity index (χ0) is 13.2. The van der Waals surface area contributed by atoms with Gasteiger partial charge in [-0.15, -0.1) is 5.46 Å². The molecule has 2 rings (SSSR count). The van der Waals surface area contributed by atoms with Crippen molar-refractivity contribution in [3.8, 4) is 5.75 Å². The van der Waals surface area contributed by atoms with Crippen molar-refractivity contribution in [3.05, 3.63) is 49.1 Å². The molecule has 2 aromatic rings. The summed E-state index contributed by atoms with van der Waals surface area (Å²) in [6.07, 6.45) is 1.61. The predicted octanol–water partition coefficient (Wildman–Crippen LogP) is 3.46. The van der Waals surface area contributed by atoms with E-state index in [0.717, 1.165) is 17.5 Å². The Morgan fingerprint density at radius 2 is 1.72 bits per heavy atom. The van der Waals surface area contributed by atoms with Crippen molar-refractivity contribution in [2.24, 2.45) is 0 Å². The van der Waals surface area contributed by atoms with Crippen LogP contribution in [0.15, 0.2) is 49.1 Å². The van der Waals surface area contributed by atoms with Crippen LogP contribution in [0.4, 0.5) is 12.9 Å². The van der Waals surface area contributed by atoms with E-state index in [-0.39, 0.29) is 0 Å². The molecule has 0 saturated heterocycles.